The summed E-state index contributed by atoms with van der Waals surface area (Å²) in [5.41, 5.74) is 0.138. The van der Waals surface area contributed by atoms with Gasteiger partial charge in [-0.2, -0.15) is 0 Å². The van der Waals surface area contributed by atoms with E-state index in [0.717, 1.165) is 6.42 Å². The van der Waals surface area contributed by atoms with Crippen LogP contribution in [0.25, 0.3) is 0 Å². The highest BCUT2D eigenvalue weighted by Gasteiger charge is 2.27. The standard InChI is InChI=1S/C12H24O/c1-6-7-8-9-11(10(2)13)12(3,4)5/h11H,6-9H2,1-5H3. The normalized spacial score (nSPS) is 14.2. The van der Waals surface area contributed by atoms with E-state index in [1.165, 1.54) is 19.3 Å². The van der Waals surface area contributed by atoms with Gasteiger partial charge in [0.25, 0.3) is 0 Å². The molecule has 1 heteroatoms. The van der Waals surface area contributed by atoms with Gasteiger partial charge in [-0.05, 0) is 18.8 Å². The molecule has 0 N–H and O–H groups in total. The van der Waals surface area contributed by atoms with Gasteiger partial charge in [0.1, 0.15) is 5.78 Å². The van der Waals surface area contributed by atoms with Crippen LogP contribution in [0.5, 0.6) is 0 Å². The van der Waals surface area contributed by atoms with Gasteiger partial charge in [-0.15, -0.1) is 0 Å². The Hall–Kier alpha value is -0.330. The monoisotopic (exact) mass is 184 g/mol. The lowest BCUT2D eigenvalue weighted by molar-refractivity contribution is -0.124. The Bertz CT molecular complexity index is 153. The maximum atomic E-state index is 11.4. The van der Waals surface area contributed by atoms with Crippen LogP contribution in [0.3, 0.4) is 0 Å². The van der Waals surface area contributed by atoms with Crippen LogP contribution in [0.1, 0.15) is 60.3 Å². The fourth-order valence-electron chi connectivity index (χ4n) is 1.84. The van der Waals surface area contributed by atoms with Crippen molar-refractivity contribution in [2.75, 3.05) is 0 Å². The highest BCUT2D eigenvalue weighted by molar-refractivity contribution is 5.78. The Morgan fingerprint density at radius 1 is 1.23 bits per heavy atom. The van der Waals surface area contributed by atoms with Crippen molar-refractivity contribution in [3.8, 4) is 0 Å². The third-order valence-electron chi connectivity index (χ3n) is 2.63. The number of Topliss-reactive ketones (excluding diaryl/α,β-unsaturated/α-hetero) is 1. The summed E-state index contributed by atoms with van der Waals surface area (Å²) >= 11 is 0. The molecule has 1 nitrogen and oxygen atoms in total. The Kier molecular flexibility index (Phi) is 5.27. The predicted octanol–water partition coefficient (Wildman–Crippen LogP) is 3.82. The SMILES string of the molecule is CCCCCC(C(C)=O)C(C)(C)C. The summed E-state index contributed by atoms with van der Waals surface area (Å²) in [6.45, 7) is 10.4. The number of hydrogen-bond acceptors (Lipinski definition) is 1. The fraction of sp³-hybridized carbons (Fsp3) is 0.917. The molecule has 0 aromatic heterocycles. The van der Waals surface area contributed by atoms with Crippen molar-refractivity contribution < 1.29 is 4.79 Å². The second-order valence-electron chi connectivity index (χ2n) is 5.03. The minimum atomic E-state index is 0.138. The number of rotatable bonds is 5. The molecule has 1 unspecified atom stereocenters. The maximum Gasteiger partial charge on any atom is 0.133 e. The van der Waals surface area contributed by atoms with Crippen LogP contribution in [0.2, 0.25) is 0 Å². The first-order chi connectivity index (χ1) is 5.89. The molecule has 0 saturated carbocycles. The zero-order chi connectivity index (χ0) is 10.5. The van der Waals surface area contributed by atoms with Crippen LogP contribution in [-0.2, 0) is 4.79 Å². The van der Waals surface area contributed by atoms with Crippen LogP contribution in [0.15, 0.2) is 0 Å². The molecular weight excluding hydrogens is 160 g/mol. The van der Waals surface area contributed by atoms with E-state index in [1.807, 2.05) is 0 Å². The van der Waals surface area contributed by atoms with Crippen molar-refractivity contribution in [2.24, 2.45) is 11.3 Å². The number of carbonyl (C=O) groups excluding carboxylic acids is 1. The summed E-state index contributed by atoms with van der Waals surface area (Å²) in [4.78, 5) is 11.4. The highest BCUT2D eigenvalue weighted by Crippen LogP contribution is 2.30. The second-order valence-corrected chi connectivity index (χ2v) is 5.03. The predicted molar refractivity (Wildman–Crippen MR) is 57.8 cm³/mol. The zero-order valence-electron chi connectivity index (χ0n) is 9.81. The number of hydrogen-bond donors (Lipinski definition) is 0. The molecule has 78 valence electrons. The van der Waals surface area contributed by atoms with Gasteiger partial charge in [0.2, 0.25) is 0 Å². The molecule has 0 radical (unpaired) electrons. The lowest BCUT2D eigenvalue weighted by atomic mass is 9.76. The lowest BCUT2D eigenvalue weighted by Crippen LogP contribution is -2.26. The molecule has 0 aromatic rings. The van der Waals surface area contributed by atoms with E-state index in [4.69, 9.17) is 0 Å². The van der Waals surface area contributed by atoms with Crippen molar-refractivity contribution in [3.05, 3.63) is 0 Å². The summed E-state index contributed by atoms with van der Waals surface area (Å²) in [5, 5.41) is 0. The summed E-state index contributed by atoms with van der Waals surface area (Å²) in [6.07, 6.45) is 4.74. The number of unbranched alkanes of at least 4 members (excludes halogenated alkanes) is 2. The van der Waals surface area contributed by atoms with Gasteiger partial charge in [-0.3, -0.25) is 4.79 Å². The van der Waals surface area contributed by atoms with Crippen molar-refractivity contribution in [1.82, 2.24) is 0 Å². The van der Waals surface area contributed by atoms with Gasteiger partial charge >= 0.3 is 0 Å². The van der Waals surface area contributed by atoms with Crippen LogP contribution in [0, 0.1) is 11.3 Å². The topological polar surface area (TPSA) is 17.1 Å². The Balaban J connectivity index is 4.04. The van der Waals surface area contributed by atoms with E-state index in [0.29, 0.717) is 5.78 Å². The molecule has 0 amide bonds. The maximum absolute atomic E-state index is 11.4. The molecule has 13 heavy (non-hydrogen) atoms. The molecule has 0 bridgehead atoms. The van der Waals surface area contributed by atoms with E-state index in [-0.39, 0.29) is 11.3 Å². The molecule has 0 rings (SSSR count). The summed E-state index contributed by atoms with van der Waals surface area (Å²) < 4.78 is 0. The van der Waals surface area contributed by atoms with E-state index in [1.54, 1.807) is 6.92 Å². The molecule has 0 spiro atoms. The van der Waals surface area contributed by atoms with Crippen molar-refractivity contribution in [2.45, 2.75) is 60.3 Å². The van der Waals surface area contributed by atoms with Crippen molar-refractivity contribution in [1.29, 1.82) is 0 Å². The minimum Gasteiger partial charge on any atom is -0.300 e. The van der Waals surface area contributed by atoms with E-state index in [9.17, 15) is 4.79 Å². The Morgan fingerprint density at radius 3 is 2.08 bits per heavy atom. The molecule has 0 saturated heterocycles. The average Bonchev–Trinajstić information content (AvgIpc) is 1.94. The Morgan fingerprint density at radius 2 is 1.77 bits per heavy atom. The average molecular weight is 184 g/mol. The van der Waals surface area contributed by atoms with Crippen molar-refractivity contribution in [3.63, 3.8) is 0 Å². The van der Waals surface area contributed by atoms with Crippen LogP contribution < -0.4 is 0 Å². The van der Waals surface area contributed by atoms with E-state index in [2.05, 4.69) is 27.7 Å². The van der Waals surface area contributed by atoms with Crippen LogP contribution in [0.4, 0.5) is 0 Å². The Labute approximate surface area is 82.9 Å². The largest absolute Gasteiger partial charge is 0.300 e. The molecule has 0 aliphatic heterocycles. The van der Waals surface area contributed by atoms with Gasteiger partial charge in [-0.25, -0.2) is 0 Å². The van der Waals surface area contributed by atoms with Gasteiger partial charge in [-0.1, -0.05) is 47.0 Å². The van der Waals surface area contributed by atoms with Gasteiger partial charge in [0.15, 0.2) is 0 Å². The number of ketones is 1. The molecule has 0 aliphatic rings. The second kappa shape index (κ2) is 5.41. The third-order valence-corrected chi connectivity index (χ3v) is 2.63. The fourth-order valence-corrected chi connectivity index (χ4v) is 1.84. The molecule has 0 fully saturated rings. The number of carbonyl (C=O) groups is 1. The van der Waals surface area contributed by atoms with E-state index < -0.39 is 0 Å². The van der Waals surface area contributed by atoms with Crippen LogP contribution >= 0.6 is 0 Å². The first kappa shape index (κ1) is 12.7. The summed E-state index contributed by atoms with van der Waals surface area (Å²) in [7, 11) is 0. The molecule has 1 atom stereocenters. The van der Waals surface area contributed by atoms with Crippen molar-refractivity contribution >= 4 is 5.78 Å². The van der Waals surface area contributed by atoms with Gasteiger partial charge in [0.05, 0.1) is 0 Å². The van der Waals surface area contributed by atoms with Crippen LogP contribution in [-0.4, -0.2) is 5.78 Å². The summed E-state index contributed by atoms with van der Waals surface area (Å²) in [5.74, 6) is 0.600. The molecular formula is C12H24O. The zero-order valence-corrected chi connectivity index (χ0v) is 9.81. The van der Waals surface area contributed by atoms with Gasteiger partial charge < -0.3 is 0 Å². The first-order valence-electron chi connectivity index (χ1n) is 5.40. The quantitative estimate of drug-likeness (QED) is 0.594. The van der Waals surface area contributed by atoms with E-state index >= 15 is 0 Å². The van der Waals surface area contributed by atoms with Gasteiger partial charge in [0, 0.05) is 5.92 Å². The molecule has 0 aromatic carbocycles. The highest BCUT2D eigenvalue weighted by atomic mass is 16.1. The molecule has 0 heterocycles. The lowest BCUT2D eigenvalue weighted by Gasteiger charge is -2.28. The minimum absolute atomic E-state index is 0.138. The smallest absolute Gasteiger partial charge is 0.133 e. The summed E-state index contributed by atoms with van der Waals surface area (Å²) in [6, 6.07) is 0. The first-order valence-corrected chi connectivity index (χ1v) is 5.40. The third kappa shape index (κ3) is 5.07. The molecule has 0 aliphatic carbocycles.